The standard InChI is InChI=1S/C16H16BrN3O/c1-9(2)7-12-14(17)15(18)20-16(19-12)11-8-21-13-6-4-3-5-10(11)13/h3-6,8-9H,7H2,1-2H3,(H2,18,19,20). The lowest BCUT2D eigenvalue weighted by molar-refractivity contribution is 0.616. The summed E-state index contributed by atoms with van der Waals surface area (Å²) in [7, 11) is 0. The Morgan fingerprint density at radius 3 is 2.76 bits per heavy atom. The minimum absolute atomic E-state index is 0.459. The van der Waals surface area contributed by atoms with Gasteiger partial charge >= 0.3 is 0 Å². The molecule has 0 radical (unpaired) electrons. The number of halogens is 1. The second-order valence-corrected chi connectivity index (χ2v) is 6.23. The second kappa shape index (κ2) is 5.48. The van der Waals surface area contributed by atoms with Crippen LogP contribution < -0.4 is 5.73 Å². The van der Waals surface area contributed by atoms with Crippen LogP contribution in [-0.4, -0.2) is 9.97 Å². The first-order valence-corrected chi connectivity index (χ1v) is 7.64. The molecule has 3 aromatic rings. The smallest absolute Gasteiger partial charge is 0.165 e. The topological polar surface area (TPSA) is 64.9 Å². The lowest BCUT2D eigenvalue weighted by atomic mass is 10.1. The summed E-state index contributed by atoms with van der Waals surface area (Å²) in [4.78, 5) is 9.06. The van der Waals surface area contributed by atoms with Crippen molar-refractivity contribution in [3.63, 3.8) is 0 Å². The molecule has 0 saturated heterocycles. The van der Waals surface area contributed by atoms with Gasteiger partial charge in [0.25, 0.3) is 0 Å². The van der Waals surface area contributed by atoms with Crippen LogP contribution in [0.2, 0.25) is 0 Å². The number of nitrogens with two attached hydrogens (primary N) is 1. The molecular weight excluding hydrogens is 330 g/mol. The van der Waals surface area contributed by atoms with Gasteiger partial charge in [-0.3, -0.25) is 0 Å². The van der Waals surface area contributed by atoms with E-state index in [1.54, 1.807) is 6.26 Å². The molecule has 5 heteroatoms. The van der Waals surface area contributed by atoms with Crippen molar-refractivity contribution >= 4 is 32.7 Å². The average molecular weight is 346 g/mol. The van der Waals surface area contributed by atoms with Crippen LogP contribution in [0.4, 0.5) is 5.82 Å². The van der Waals surface area contributed by atoms with Gasteiger partial charge in [0, 0.05) is 5.39 Å². The van der Waals surface area contributed by atoms with E-state index in [0.29, 0.717) is 17.6 Å². The van der Waals surface area contributed by atoms with Crippen molar-refractivity contribution in [3.05, 3.63) is 40.7 Å². The Hall–Kier alpha value is -1.88. The molecular formula is C16H16BrN3O. The van der Waals surface area contributed by atoms with E-state index in [1.807, 2.05) is 24.3 Å². The Morgan fingerprint density at radius 1 is 1.24 bits per heavy atom. The molecule has 0 atom stereocenters. The van der Waals surface area contributed by atoms with Crippen molar-refractivity contribution in [2.45, 2.75) is 20.3 Å². The summed E-state index contributed by atoms with van der Waals surface area (Å²) in [5.41, 5.74) is 8.64. The van der Waals surface area contributed by atoms with Gasteiger partial charge < -0.3 is 10.2 Å². The molecule has 1 aromatic carbocycles. The number of nitrogens with zero attached hydrogens (tertiary/aromatic N) is 2. The number of nitrogen functional groups attached to an aromatic ring is 1. The number of aromatic nitrogens is 2. The summed E-state index contributed by atoms with van der Waals surface area (Å²) in [6, 6.07) is 7.84. The second-order valence-electron chi connectivity index (χ2n) is 5.44. The Balaban J connectivity index is 2.16. The van der Waals surface area contributed by atoms with Crippen molar-refractivity contribution in [2.24, 2.45) is 5.92 Å². The number of furan rings is 1. The van der Waals surface area contributed by atoms with Gasteiger partial charge in [-0.1, -0.05) is 32.0 Å². The molecule has 0 aliphatic rings. The van der Waals surface area contributed by atoms with Crippen LogP contribution in [0.25, 0.3) is 22.4 Å². The third-order valence-corrected chi connectivity index (χ3v) is 4.13. The van der Waals surface area contributed by atoms with Gasteiger partial charge in [-0.05, 0) is 34.3 Å². The average Bonchev–Trinajstić information content (AvgIpc) is 2.87. The summed E-state index contributed by atoms with van der Waals surface area (Å²) in [6.45, 7) is 4.30. The highest BCUT2D eigenvalue weighted by molar-refractivity contribution is 9.10. The molecule has 0 aliphatic carbocycles. The summed E-state index contributed by atoms with van der Waals surface area (Å²) in [6.07, 6.45) is 2.53. The summed E-state index contributed by atoms with van der Waals surface area (Å²) in [5.74, 6) is 1.56. The summed E-state index contributed by atoms with van der Waals surface area (Å²) >= 11 is 3.48. The van der Waals surface area contributed by atoms with E-state index in [0.717, 1.165) is 33.1 Å². The lowest BCUT2D eigenvalue weighted by Crippen LogP contribution is -2.05. The van der Waals surface area contributed by atoms with Crippen molar-refractivity contribution in [1.29, 1.82) is 0 Å². The minimum Gasteiger partial charge on any atom is -0.464 e. The van der Waals surface area contributed by atoms with Gasteiger partial charge in [-0.25, -0.2) is 9.97 Å². The molecule has 0 aliphatic heterocycles. The molecule has 2 aromatic heterocycles. The van der Waals surface area contributed by atoms with Crippen LogP contribution >= 0.6 is 15.9 Å². The molecule has 0 bridgehead atoms. The monoisotopic (exact) mass is 345 g/mol. The van der Waals surface area contributed by atoms with Crippen LogP contribution in [0.5, 0.6) is 0 Å². The van der Waals surface area contributed by atoms with E-state index in [1.165, 1.54) is 0 Å². The molecule has 3 rings (SSSR count). The number of hydrogen-bond donors (Lipinski definition) is 1. The quantitative estimate of drug-likeness (QED) is 0.762. The molecule has 0 spiro atoms. The van der Waals surface area contributed by atoms with Crippen LogP contribution in [0, 0.1) is 5.92 Å². The molecule has 0 fully saturated rings. The van der Waals surface area contributed by atoms with Gasteiger partial charge in [0.15, 0.2) is 5.82 Å². The number of rotatable bonds is 3. The van der Waals surface area contributed by atoms with Crippen molar-refractivity contribution < 1.29 is 4.42 Å². The third-order valence-electron chi connectivity index (χ3n) is 3.27. The van der Waals surface area contributed by atoms with E-state index >= 15 is 0 Å². The Labute approximate surface area is 131 Å². The van der Waals surface area contributed by atoms with Gasteiger partial charge in [0.1, 0.15) is 17.7 Å². The molecule has 108 valence electrons. The zero-order chi connectivity index (χ0) is 15.0. The van der Waals surface area contributed by atoms with Crippen molar-refractivity contribution in [3.8, 4) is 11.4 Å². The molecule has 0 unspecified atom stereocenters. The van der Waals surface area contributed by atoms with E-state index in [4.69, 9.17) is 10.2 Å². The maximum Gasteiger partial charge on any atom is 0.165 e. The van der Waals surface area contributed by atoms with Gasteiger partial charge in [0.05, 0.1) is 15.7 Å². The number of anilines is 1. The fraction of sp³-hybridized carbons (Fsp3) is 0.250. The Bertz CT molecular complexity index is 795. The largest absolute Gasteiger partial charge is 0.464 e. The van der Waals surface area contributed by atoms with E-state index in [9.17, 15) is 0 Å². The zero-order valence-corrected chi connectivity index (χ0v) is 13.5. The number of benzene rings is 1. The van der Waals surface area contributed by atoms with Crippen LogP contribution in [0.1, 0.15) is 19.5 Å². The van der Waals surface area contributed by atoms with Crippen LogP contribution in [0.15, 0.2) is 39.4 Å². The third kappa shape index (κ3) is 2.65. The van der Waals surface area contributed by atoms with Crippen LogP contribution in [-0.2, 0) is 6.42 Å². The Kier molecular flexibility index (Phi) is 3.68. The van der Waals surface area contributed by atoms with E-state index in [-0.39, 0.29) is 0 Å². The maximum absolute atomic E-state index is 6.02. The first-order valence-electron chi connectivity index (χ1n) is 6.84. The highest BCUT2D eigenvalue weighted by atomic mass is 79.9. The fourth-order valence-corrected chi connectivity index (χ4v) is 2.65. The summed E-state index contributed by atoms with van der Waals surface area (Å²) in [5, 5.41) is 0.995. The van der Waals surface area contributed by atoms with Crippen molar-refractivity contribution in [1.82, 2.24) is 9.97 Å². The van der Waals surface area contributed by atoms with E-state index < -0.39 is 0 Å². The summed E-state index contributed by atoms with van der Waals surface area (Å²) < 4.78 is 6.35. The highest BCUT2D eigenvalue weighted by Gasteiger charge is 2.16. The number of para-hydroxylation sites is 1. The first kappa shape index (κ1) is 14.1. The number of hydrogen-bond acceptors (Lipinski definition) is 4. The highest BCUT2D eigenvalue weighted by Crippen LogP contribution is 2.31. The molecule has 0 amide bonds. The minimum atomic E-state index is 0.459. The lowest BCUT2D eigenvalue weighted by Gasteiger charge is -2.10. The fourth-order valence-electron chi connectivity index (χ4n) is 2.31. The SMILES string of the molecule is CC(C)Cc1nc(-c2coc3ccccc23)nc(N)c1Br. The maximum atomic E-state index is 6.02. The predicted molar refractivity (Wildman–Crippen MR) is 87.9 cm³/mol. The predicted octanol–water partition coefficient (Wildman–Crippen LogP) is 4.43. The van der Waals surface area contributed by atoms with Gasteiger partial charge in [-0.2, -0.15) is 0 Å². The molecule has 0 saturated carbocycles. The Morgan fingerprint density at radius 2 is 2.00 bits per heavy atom. The van der Waals surface area contributed by atoms with E-state index in [2.05, 4.69) is 39.7 Å². The molecule has 2 N–H and O–H groups in total. The molecule has 2 heterocycles. The first-order chi connectivity index (χ1) is 10.1. The zero-order valence-electron chi connectivity index (χ0n) is 11.9. The normalized spacial score (nSPS) is 11.4. The molecule has 21 heavy (non-hydrogen) atoms. The van der Waals surface area contributed by atoms with Crippen molar-refractivity contribution in [2.75, 3.05) is 5.73 Å². The van der Waals surface area contributed by atoms with Crippen LogP contribution in [0.3, 0.4) is 0 Å². The molecule has 4 nitrogen and oxygen atoms in total. The van der Waals surface area contributed by atoms with Gasteiger partial charge in [-0.15, -0.1) is 0 Å². The van der Waals surface area contributed by atoms with Gasteiger partial charge in [0.2, 0.25) is 0 Å². The number of fused-ring (bicyclic) bond motifs is 1.